The Labute approximate surface area is 116 Å². The van der Waals surface area contributed by atoms with Gasteiger partial charge in [-0.3, -0.25) is 14.9 Å². The second-order valence-electron chi connectivity index (χ2n) is 3.91. The summed E-state index contributed by atoms with van der Waals surface area (Å²) in [6.07, 6.45) is 0. The smallest absolute Gasteiger partial charge is 0.314 e. The first kappa shape index (κ1) is 15.7. The van der Waals surface area contributed by atoms with E-state index in [9.17, 15) is 14.9 Å². The molecule has 0 aliphatic carbocycles. The fraction of sp³-hybridized carbons (Fsp3) is 0.417. The minimum absolute atomic E-state index is 0.0555. The van der Waals surface area contributed by atoms with Crippen molar-refractivity contribution in [2.45, 2.75) is 13.0 Å². The van der Waals surface area contributed by atoms with E-state index in [1.807, 2.05) is 6.92 Å². The Hall–Kier alpha value is -2.35. The van der Waals surface area contributed by atoms with E-state index >= 15 is 0 Å². The molecule has 0 spiro atoms. The van der Waals surface area contributed by atoms with Gasteiger partial charge in [0.05, 0.1) is 18.1 Å². The lowest BCUT2D eigenvalue weighted by atomic mass is 10.2. The van der Waals surface area contributed by atoms with Gasteiger partial charge in [0.2, 0.25) is 5.91 Å². The first-order valence-electron chi connectivity index (χ1n) is 5.97. The number of hydrogen-bond acceptors (Lipinski definition) is 6. The van der Waals surface area contributed by atoms with E-state index in [-0.39, 0.29) is 18.0 Å². The van der Waals surface area contributed by atoms with Gasteiger partial charge in [0, 0.05) is 0 Å². The number of rotatable bonds is 8. The number of primary amides is 1. The van der Waals surface area contributed by atoms with Crippen LogP contribution in [0.5, 0.6) is 11.5 Å². The molecule has 1 aromatic carbocycles. The van der Waals surface area contributed by atoms with E-state index in [1.165, 1.54) is 25.3 Å². The summed E-state index contributed by atoms with van der Waals surface area (Å²) in [7, 11) is 1.41. The normalized spacial score (nSPS) is 11.7. The molecule has 1 unspecified atom stereocenters. The van der Waals surface area contributed by atoms with E-state index in [4.69, 9.17) is 15.2 Å². The number of carbonyl (C=O) groups excluding carboxylic acids is 1. The minimum Gasteiger partial charge on any atom is -0.496 e. The van der Waals surface area contributed by atoms with Gasteiger partial charge in [-0.05, 0) is 18.7 Å². The lowest BCUT2D eigenvalue weighted by molar-refractivity contribution is -0.386. The summed E-state index contributed by atoms with van der Waals surface area (Å²) in [4.78, 5) is 21.5. The molecule has 1 amide bonds. The second kappa shape index (κ2) is 7.29. The number of carbonyl (C=O) groups is 1. The summed E-state index contributed by atoms with van der Waals surface area (Å²) in [6.45, 7) is 2.25. The maximum Gasteiger partial charge on any atom is 0.314 e. The highest BCUT2D eigenvalue weighted by Crippen LogP contribution is 2.30. The van der Waals surface area contributed by atoms with Crippen molar-refractivity contribution in [3.05, 3.63) is 28.3 Å². The monoisotopic (exact) mass is 283 g/mol. The number of likely N-dealkylation sites (N-methyl/N-ethyl adjacent to an activating group) is 1. The van der Waals surface area contributed by atoms with Crippen molar-refractivity contribution in [1.82, 2.24) is 5.32 Å². The van der Waals surface area contributed by atoms with Gasteiger partial charge < -0.3 is 20.5 Å². The van der Waals surface area contributed by atoms with E-state index < -0.39 is 16.9 Å². The average molecular weight is 283 g/mol. The SMILES string of the molecule is CCNC(COc1ccc(OC)cc1[N+](=O)[O-])C(N)=O. The largest absolute Gasteiger partial charge is 0.496 e. The summed E-state index contributed by atoms with van der Waals surface area (Å²) in [6, 6.07) is 3.50. The van der Waals surface area contributed by atoms with Gasteiger partial charge >= 0.3 is 5.69 Å². The van der Waals surface area contributed by atoms with Crippen molar-refractivity contribution in [3.8, 4) is 11.5 Å². The number of amides is 1. The molecule has 0 aliphatic heterocycles. The van der Waals surface area contributed by atoms with Crippen LogP contribution in [0.2, 0.25) is 0 Å². The van der Waals surface area contributed by atoms with Gasteiger partial charge in [-0.15, -0.1) is 0 Å². The molecule has 1 aromatic rings. The molecule has 0 bridgehead atoms. The van der Waals surface area contributed by atoms with Crippen LogP contribution in [-0.2, 0) is 4.79 Å². The number of benzene rings is 1. The van der Waals surface area contributed by atoms with Gasteiger partial charge in [-0.1, -0.05) is 6.92 Å². The summed E-state index contributed by atoms with van der Waals surface area (Å²) >= 11 is 0. The van der Waals surface area contributed by atoms with Gasteiger partial charge in [0.1, 0.15) is 18.4 Å². The Kier molecular flexibility index (Phi) is 5.73. The zero-order valence-corrected chi connectivity index (χ0v) is 11.3. The summed E-state index contributed by atoms with van der Waals surface area (Å²) in [5, 5.41) is 13.8. The number of nitrogens with one attached hydrogen (secondary N) is 1. The topological polar surface area (TPSA) is 117 Å². The zero-order valence-electron chi connectivity index (χ0n) is 11.3. The molecule has 0 radical (unpaired) electrons. The first-order valence-corrected chi connectivity index (χ1v) is 5.97. The van der Waals surface area contributed by atoms with Crippen molar-refractivity contribution >= 4 is 11.6 Å². The third kappa shape index (κ3) is 4.09. The lowest BCUT2D eigenvalue weighted by Crippen LogP contribution is -2.45. The molecule has 1 rings (SSSR count). The highest BCUT2D eigenvalue weighted by Gasteiger charge is 2.20. The number of nitrogens with zero attached hydrogens (tertiary/aromatic N) is 1. The van der Waals surface area contributed by atoms with Crippen molar-refractivity contribution in [1.29, 1.82) is 0 Å². The minimum atomic E-state index is -0.707. The highest BCUT2D eigenvalue weighted by molar-refractivity contribution is 5.80. The Bertz CT molecular complexity index is 492. The lowest BCUT2D eigenvalue weighted by Gasteiger charge is -2.15. The average Bonchev–Trinajstić information content (AvgIpc) is 2.42. The molecule has 0 aromatic heterocycles. The van der Waals surface area contributed by atoms with E-state index in [1.54, 1.807) is 0 Å². The maximum absolute atomic E-state index is 11.2. The predicted octanol–water partition coefficient (Wildman–Crippen LogP) is 0.446. The molecule has 8 nitrogen and oxygen atoms in total. The van der Waals surface area contributed by atoms with Gasteiger partial charge in [0.15, 0.2) is 5.75 Å². The molecule has 1 atom stereocenters. The summed E-state index contributed by atoms with van der Waals surface area (Å²) in [5.74, 6) is -0.176. The Morgan fingerprint density at radius 2 is 2.25 bits per heavy atom. The van der Waals surface area contributed by atoms with Crippen molar-refractivity contribution in [2.75, 3.05) is 20.3 Å². The Morgan fingerprint density at radius 1 is 1.55 bits per heavy atom. The molecule has 0 saturated carbocycles. The standard InChI is InChI=1S/C12H17N3O5/c1-3-14-9(12(13)16)7-20-11-5-4-8(19-2)6-10(11)15(17)18/h4-6,9,14H,3,7H2,1-2H3,(H2,13,16). The van der Waals surface area contributed by atoms with Crippen molar-refractivity contribution in [3.63, 3.8) is 0 Å². The number of methoxy groups -OCH3 is 1. The van der Waals surface area contributed by atoms with Crippen molar-refractivity contribution < 1.29 is 19.2 Å². The summed E-state index contributed by atoms with van der Waals surface area (Å²) in [5.41, 5.74) is 4.96. The molecule has 0 aliphatic rings. The van der Waals surface area contributed by atoms with Crippen molar-refractivity contribution in [2.24, 2.45) is 5.73 Å². The van der Waals surface area contributed by atoms with Crippen LogP contribution in [0.15, 0.2) is 18.2 Å². The van der Waals surface area contributed by atoms with Crippen LogP contribution in [0.3, 0.4) is 0 Å². The van der Waals surface area contributed by atoms with Gasteiger partial charge in [-0.25, -0.2) is 0 Å². The third-order valence-electron chi connectivity index (χ3n) is 2.56. The predicted molar refractivity (Wildman–Crippen MR) is 71.8 cm³/mol. The third-order valence-corrected chi connectivity index (χ3v) is 2.56. The number of nitrogens with two attached hydrogens (primary N) is 1. The second-order valence-corrected chi connectivity index (χ2v) is 3.91. The Balaban J connectivity index is 2.86. The molecule has 0 heterocycles. The molecule has 20 heavy (non-hydrogen) atoms. The molecular formula is C12H17N3O5. The fourth-order valence-electron chi connectivity index (χ4n) is 1.55. The maximum atomic E-state index is 11.2. The Morgan fingerprint density at radius 3 is 2.75 bits per heavy atom. The van der Waals surface area contributed by atoms with Gasteiger partial charge in [-0.2, -0.15) is 0 Å². The van der Waals surface area contributed by atoms with E-state index in [0.29, 0.717) is 12.3 Å². The number of hydrogen-bond donors (Lipinski definition) is 2. The van der Waals surface area contributed by atoms with Gasteiger partial charge in [0.25, 0.3) is 0 Å². The molecular weight excluding hydrogens is 266 g/mol. The summed E-state index contributed by atoms with van der Waals surface area (Å²) < 4.78 is 10.2. The van der Waals surface area contributed by atoms with Crippen LogP contribution in [-0.4, -0.2) is 37.1 Å². The zero-order chi connectivity index (χ0) is 15.1. The molecule has 8 heteroatoms. The highest BCUT2D eigenvalue weighted by atomic mass is 16.6. The molecule has 0 fully saturated rings. The van der Waals surface area contributed by atoms with E-state index in [2.05, 4.69) is 5.32 Å². The molecule has 110 valence electrons. The quantitative estimate of drug-likeness (QED) is 0.528. The van der Waals surface area contributed by atoms with Crippen LogP contribution in [0.25, 0.3) is 0 Å². The molecule has 0 saturated heterocycles. The molecule has 3 N–H and O–H groups in total. The first-order chi connectivity index (χ1) is 9.49. The number of nitro benzene ring substituents is 1. The van der Waals surface area contributed by atoms with Crippen LogP contribution < -0.4 is 20.5 Å². The fourth-order valence-corrected chi connectivity index (χ4v) is 1.55. The van der Waals surface area contributed by atoms with Crippen LogP contribution >= 0.6 is 0 Å². The van der Waals surface area contributed by atoms with Crippen LogP contribution in [0.4, 0.5) is 5.69 Å². The number of nitro groups is 1. The number of ether oxygens (including phenoxy) is 2. The van der Waals surface area contributed by atoms with Crippen LogP contribution in [0.1, 0.15) is 6.92 Å². The van der Waals surface area contributed by atoms with Crippen LogP contribution in [0, 0.1) is 10.1 Å². The van der Waals surface area contributed by atoms with E-state index in [0.717, 1.165) is 0 Å².